The summed E-state index contributed by atoms with van der Waals surface area (Å²) in [6, 6.07) is -1.00. The fraction of sp³-hybridized carbons (Fsp3) is 0.912. The normalized spacial score (nSPS) is 13.9. The van der Waals surface area contributed by atoms with E-state index in [1.54, 1.807) is 0 Å². The third-order valence-electron chi connectivity index (χ3n) is 13.4. The Kier molecular flexibility index (Phi) is 50.8. The van der Waals surface area contributed by atoms with Gasteiger partial charge in [-0.25, -0.2) is 0 Å². The summed E-state index contributed by atoms with van der Waals surface area (Å²) in [5.74, 6) is -0.593. The summed E-state index contributed by atoms with van der Waals surface area (Å²) < 4.78 is 0. The number of carbonyl (C=O) groups excluding carboxylic acids is 1. The molecule has 5 N–H and O–H groups in total. The fourth-order valence-electron chi connectivity index (χ4n) is 8.93. The number of hydrogen-bond acceptors (Lipinski definition) is 5. The lowest BCUT2D eigenvalue weighted by Crippen LogP contribution is -2.53. The van der Waals surface area contributed by atoms with Crippen LogP contribution in [0, 0.1) is 0 Å². The van der Waals surface area contributed by atoms with Crippen molar-refractivity contribution in [1.29, 1.82) is 0 Å². The van der Waals surface area contributed by atoms with Crippen molar-refractivity contribution in [3.63, 3.8) is 0 Å². The standard InChI is InChI=1S/C57H111NO5/c1-3-5-7-9-11-13-15-17-19-21-23-25-27-29-30-32-34-36-38-40-42-44-46-48-50-54(60)56(62)53(52-59)58-57(63)55(61)51-49-47-45-43-41-39-37-35-33-31-28-26-24-22-20-18-16-14-12-10-8-6-4-2/h31,33,42,44,53-56,59-62H,3-30,32,34-41,43,45-52H2,1-2H3,(H,58,63)/b33-31-,44-42+. The number of allylic oxidation sites excluding steroid dienone is 4. The number of carbonyl (C=O) groups is 1. The van der Waals surface area contributed by atoms with E-state index in [4.69, 9.17) is 0 Å². The van der Waals surface area contributed by atoms with Gasteiger partial charge in [-0.2, -0.15) is 0 Å². The molecule has 0 saturated heterocycles. The zero-order valence-corrected chi connectivity index (χ0v) is 42.3. The van der Waals surface area contributed by atoms with E-state index >= 15 is 0 Å². The lowest BCUT2D eigenvalue weighted by Gasteiger charge is -2.27. The van der Waals surface area contributed by atoms with Gasteiger partial charge in [0.2, 0.25) is 5.91 Å². The van der Waals surface area contributed by atoms with Crippen LogP contribution in [0.2, 0.25) is 0 Å². The van der Waals surface area contributed by atoms with Crippen LogP contribution in [-0.4, -0.2) is 57.3 Å². The molecular formula is C57H111NO5. The van der Waals surface area contributed by atoms with Gasteiger partial charge < -0.3 is 25.7 Å². The van der Waals surface area contributed by atoms with Crippen molar-refractivity contribution >= 4 is 5.91 Å². The van der Waals surface area contributed by atoms with E-state index in [0.717, 1.165) is 38.5 Å². The van der Waals surface area contributed by atoms with Crippen LogP contribution >= 0.6 is 0 Å². The quantitative estimate of drug-likeness (QED) is 0.0309. The van der Waals surface area contributed by atoms with Gasteiger partial charge in [0.15, 0.2) is 0 Å². The van der Waals surface area contributed by atoms with Gasteiger partial charge in [-0.05, 0) is 64.2 Å². The average molecular weight is 891 g/mol. The number of aliphatic hydroxyl groups excluding tert-OH is 4. The molecule has 0 aromatic carbocycles. The van der Waals surface area contributed by atoms with Crippen molar-refractivity contribution < 1.29 is 25.2 Å². The summed E-state index contributed by atoms with van der Waals surface area (Å²) in [5, 5.41) is 44.0. The first-order valence-electron chi connectivity index (χ1n) is 28.2. The first-order valence-corrected chi connectivity index (χ1v) is 28.2. The fourth-order valence-corrected chi connectivity index (χ4v) is 8.93. The molecule has 0 rings (SSSR count). The van der Waals surface area contributed by atoms with E-state index in [0.29, 0.717) is 12.8 Å². The summed E-state index contributed by atoms with van der Waals surface area (Å²) in [5.41, 5.74) is 0. The largest absolute Gasteiger partial charge is 0.394 e. The van der Waals surface area contributed by atoms with Crippen molar-refractivity contribution in [2.24, 2.45) is 0 Å². The third-order valence-corrected chi connectivity index (χ3v) is 13.4. The van der Waals surface area contributed by atoms with Gasteiger partial charge in [-0.3, -0.25) is 4.79 Å². The molecule has 6 heteroatoms. The van der Waals surface area contributed by atoms with E-state index in [1.165, 1.54) is 238 Å². The number of hydrogen-bond donors (Lipinski definition) is 5. The molecule has 63 heavy (non-hydrogen) atoms. The zero-order valence-electron chi connectivity index (χ0n) is 42.3. The van der Waals surface area contributed by atoms with Crippen LogP contribution in [0.5, 0.6) is 0 Å². The second-order valence-electron chi connectivity index (χ2n) is 19.6. The first kappa shape index (κ1) is 61.8. The second-order valence-corrected chi connectivity index (χ2v) is 19.6. The van der Waals surface area contributed by atoms with E-state index in [2.05, 4.69) is 43.5 Å². The van der Waals surface area contributed by atoms with Crippen LogP contribution in [0.25, 0.3) is 0 Å². The zero-order chi connectivity index (χ0) is 45.9. The lowest BCUT2D eigenvalue weighted by atomic mass is 10.00. The lowest BCUT2D eigenvalue weighted by molar-refractivity contribution is -0.132. The number of unbranched alkanes of at least 4 members (excludes halogenated alkanes) is 39. The van der Waals surface area contributed by atoms with Crippen LogP contribution in [0.15, 0.2) is 24.3 Å². The molecule has 4 atom stereocenters. The highest BCUT2D eigenvalue weighted by Gasteiger charge is 2.28. The molecule has 0 fully saturated rings. The van der Waals surface area contributed by atoms with Crippen molar-refractivity contribution in [2.45, 2.75) is 327 Å². The molecular weight excluding hydrogens is 779 g/mol. The van der Waals surface area contributed by atoms with Gasteiger partial charge >= 0.3 is 0 Å². The van der Waals surface area contributed by atoms with Crippen molar-refractivity contribution in [2.75, 3.05) is 6.61 Å². The van der Waals surface area contributed by atoms with Gasteiger partial charge in [0.25, 0.3) is 0 Å². The minimum Gasteiger partial charge on any atom is -0.394 e. The molecule has 4 unspecified atom stereocenters. The molecule has 0 aliphatic carbocycles. The van der Waals surface area contributed by atoms with Gasteiger partial charge in [0.1, 0.15) is 12.2 Å². The predicted molar refractivity (Wildman–Crippen MR) is 274 cm³/mol. The predicted octanol–water partition coefficient (Wildman–Crippen LogP) is 16.3. The molecule has 0 bridgehead atoms. The molecule has 0 heterocycles. The Balaban J connectivity index is 3.66. The second kappa shape index (κ2) is 51.8. The maximum atomic E-state index is 12.6. The minimum absolute atomic E-state index is 0.360. The van der Waals surface area contributed by atoms with E-state index in [1.807, 2.05) is 0 Å². The van der Waals surface area contributed by atoms with Crippen LogP contribution in [-0.2, 0) is 4.79 Å². The Bertz CT molecular complexity index is 955. The number of amides is 1. The van der Waals surface area contributed by atoms with Crippen LogP contribution in [0.4, 0.5) is 0 Å². The van der Waals surface area contributed by atoms with Crippen LogP contribution < -0.4 is 5.32 Å². The smallest absolute Gasteiger partial charge is 0.249 e. The molecule has 0 saturated carbocycles. The highest BCUT2D eigenvalue weighted by atomic mass is 16.3. The first-order chi connectivity index (χ1) is 31.0. The maximum Gasteiger partial charge on any atom is 0.249 e. The van der Waals surface area contributed by atoms with E-state index in [-0.39, 0.29) is 0 Å². The maximum absolute atomic E-state index is 12.6. The van der Waals surface area contributed by atoms with Crippen molar-refractivity contribution in [3.8, 4) is 0 Å². The molecule has 6 nitrogen and oxygen atoms in total. The Morgan fingerprint density at radius 3 is 0.952 bits per heavy atom. The van der Waals surface area contributed by atoms with Gasteiger partial charge in [0, 0.05) is 0 Å². The van der Waals surface area contributed by atoms with Crippen molar-refractivity contribution in [1.82, 2.24) is 5.32 Å². The average Bonchev–Trinajstić information content (AvgIpc) is 3.29. The van der Waals surface area contributed by atoms with Crippen LogP contribution in [0.1, 0.15) is 303 Å². The molecule has 374 valence electrons. The third kappa shape index (κ3) is 45.7. The van der Waals surface area contributed by atoms with E-state index < -0.39 is 36.9 Å². The van der Waals surface area contributed by atoms with Gasteiger partial charge in [-0.15, -0.1) is 0 Å². The summed E-state index contributed by atoms with van der Waals surface area (Å²) >= 11 is 0. The summed E-state index contributed by atoms with van der Waals surface area (Å²) in [6.45, 7) is 4.08. The Morgan fingerprint density at radius 2 is 0.651 bits per heavy atom. The molecule has 0 aromatic heterocycles. The molecule has 0 spiro atoms. The monoisotopic (exact) mass is 890 g/mol. The molecule has 0 aromatic rings. The topological polar surface area (TPSA) is 110 Å². The Morgan fingerprint density at radius 1 is 0.381 bits per heavy atom. The highest BCUT2D eigenvalue weighted by Crippen LogP contribution is 2.17. The van der Waals surface area contributed by atoms with Gasteiger partial charge in [0.05, 0.1) is 18.8 Å². The van der Waals surface area contributed by atoms with E-state index in [9.17, 15) is 25.2 Å². The molecule has 0 aliphatic rings. The SMILES string of the molecule is CCCCCCCCCCCCCC/C=C\CCCCCCCCCC(O)C(=O)NC(CO)C(O)C(O)CCC/C=C/CCCCCCCCCCCCCCCCCCCCC. The molecule has 0 radical (unpaired) electrons. The molecule has 1 amide bonds. The Hall–Kier alpha value is -1.21. The highest BCUT2D eigenvalue weighted by molar-refractivity contribution is 5.80. The summed E-state index contributed by atoms with van der Waals surface area (Å²) in [4.78, 5) is 12.6. The number of aliphatic hydroxyl groups is 4. The molecule has 0 aliphatic heterocycles. The summed E-state index contributed by atoms with van der Waals surface area (Å²) in [6.07, 6.45) is 62.5. The van der Waals surface area contributed by atoms with Gasteiger partial charge in [-0.1, -0.05) is 263 Å². The van der Waals surface area contributed by atoms with Crippen LogP contribution in [0.3, 0.4) is 0 Å². The summed E-state index contributed by atoms with van der Waals surface area (Å²) in [7, 11) is 0. The number of nitrogens with one attached hydrogen (secondary N) is 1. The Labute approximate surface area is 393 Å². The minimum atomic E-state index is -1.28. The van der Waals surface area contributed by atoms with Crippen molar-refractivity contribution in [3.05, 3.63) is 24.3 Å². The number of rotatable bonds is 52.